The molecule has 0 saturated carbocycles. The summed E-state index contributed by atoms with van der Waals surface area (Å²) < 4.78 is 5.55. The number of nitrogens with one attached hydrogen (secondary N) is 1. The Morgan fingerprint density at radius 1 is 1.50 bits per heavy atom. The van der Waals surface area contributed by atoms with Crippen molar-refractivity contribution in [2.24, 2.45) is 0 Å². The SMILES string of the molecule is CC1CC(c2nc3ccc(Cl)cc3[nH]2)CO1. The maximum atomic E-state index is 5.94. The predicted octanol–water partition coefficient (Wildman–Crippen LogP) is 3.11. The zero-order valence-corrected chi connectivity index (χ0v) is 9.79. The van der Waals surface area contributed by atoms with Gasteiger partial charge in [0, 0.05) is 10.9 Å². The molecule has 3 nitrogen and oxygen atoms in total. The minimum atomic E-state index is 0.335. The van der Waals surface area contributed by atoms with Crippen LogP contribution in [-0.2, 0) is 4.74 Å². The number of aromatic amines is 1. The van der Waals surface area contributed by atoms with Crippen LogP contribution in [0.3, 0.4) is 0 Å². The number of aromatic nitrogens is 2. The lowest BCUT2D eigenvalue weighted by Crippen LogP contribution is -1.99. The van der Waals surface area contributed by atoms with Crippen LogP contribution >= 0.6 is 11.6 Å². The molecule has 0 aliphatic carbocycles. The van der Waals surface area contributed by atoms with Gasteiger partial charge in [0.2, 0.25) is 0 Å². The molecule has 0 bridgehead atoms. The summed E-state index contributed by atoms with van der Waals surface area (Å²) in [4.78, 5) is 7.90. The van der Waals surface area contributed by atoms with Crippen LogP contribution in [0.25, 0.3) is 11.0 Å². The number of fused-ring (bicyclic) bond motifs is 1. The average Bonchev–Trinajstić information content (AvgIpc) is 2.83. The summed E-state index contributed by atoms with van der Waals surface area (Å²) in [6, 6.07) is 5.71. The van der Waals surface area contributed by atoms with Gasteiger partial charge in [0.05, 0.1) is 23.7 Å². The summed E-state index contributed by atoms with van der Waals surface area (Å²) >= 11 is 5.94. The Balaban J connectivity index is 1.99. The summed E-state index contributed by atoms with van der Waals surface area (Å²) in [5, 5.41) is 0.735. The second-order valence-electron chi connectivity index (χ2n) is 4.36. The van der Waals surface area contributed by atoms with Gasteiger partial charge in [-0.05, 0) is 31.5 Å². The quantitative estimate of drug-likeness (QED) is 0.826. The molecule has 2 aromatic rings. The number of imidazole rings is 1. The van der Waals surface area contributed by atoms with Gasteiger partial charge in [0.1, 0.15) is 5.82 Å². The van der Waals surface area contributed by atoms with E-state index in [0.29, 0.717) is 12.0 Å². The number of H-pyrrole nitrogens is 1. The molecule has 3 rings (SSSR count). The van der Waals surface area contributed by atoms with Crippen LogP contribution in [0.15, 0.2) is 18.2 Å². The van der Waals surface area contributed by atoms with Crippen LogP contribution in [0.1, 0.15) is 25.1 Å². The largest absolute Gasteiger partial charge is 0.378 e. The molecule has 84 valence electrons. The summed E-state index contributed by atoms with van der Waals surface area (Å²) in [5.74, 6) is 1.41. The number of halogens is 1. The fraction of sp³-hybridized carbons (Fsp3) is 0.417. The standard InChI is InChI=1S/C12H13ClN2O/c1-7-4-8(6-16-7)12-14-10-3-2-9(13)5-11(10)15-12/h2-3,5,7-8H,4,6H2,1H3,(H,14,15). The van der Waals surface area contributed by atoms with E-state index in [0.717, 1.165) is 34.9 Å². The molecule has 0 radical (unpaired) electrons. The lowest BCUT2D eigenvalue weighted by molar-refractivity contribution is 0.123. The topological polar surface area (TPSA) is 37.9 Å². The molecule has 2 atom stereocenters. The summed E-state index contributed by atoms with van der Waals surface area (Å²) in [6.07, 6.45) is 1.37. The molecular formula is C12H13ClN2O. The van der Waals surface area contributed by atoms with E-state index in [2.05, 4.69) is 16.9 Å². The van der Waals surface area contributed by atoms with Crippen molar-refractivity contribution in [1.82, 2.24) is 9.97 Å². The van der Waals surface area contributed by atoms with E-state index in [1.165, 1.54) is 0 Å². The number of rotatable bonds is 1. The van der Waals surface area contributed by atoms with Gasteiger partial charge < -0.3 is 9.72 Å². The van der Waals surface area contributed by atoms with Crippen molar-refractivity contribution in [3.63, 3.8) is 0 Å². The van der Waals surface area contributed by atoms with Crippen LogP contribution in [0.5, 0.6) is 0 Å². The first kappa shape index (κ1) is 10.1. The van der Waals surface area contributed by atoms with Gasteiger partial charge >= 0.3 is 0 Å². The van der Waals surface area contributed by atoms with Gasteiger partial charge in [-0.3, -0.25) is 0 Å². The Kier molecular flexibility index (Phi) is 2.37. The van der Waals surface area contributed by atoms with Crippen molar-refractivity contribution in [2.45, 2.75) is 25.4 Å². The summed E-state index contributed by atoms with van der Waals surface area (Å²) in [5.41, 5.74) is 1.97. The van der Waals surface area contributed by atoms with Crippen molar-refractivity contribution in [2.75, 3.05) is 6.61 Å². The molecule has 2 heterocycles. The highest BCUT2D eigenvalue weighted by Crippen LogP contribution is 2.29. The van der Waals surface area contributed by atoms with Crippen molar-refractivity contribution in [1.29, 1.82) is 0 Å². The second-order valence-corrected chi connectivity index (χ2v) is 4.80. The number of hydrogen-bond donors (Lipinski definition) is 1. The summed E-state index contributed by atoms with van der Waals surface area (Å²) in [7, 11) is 0. The molecule has 0 amide bonds. The van der Waals surface area contributed by atoms with Crippen LogP contribution < -0.4 is 0 Å². The Bertz CT molecular complexity index is 523. The van der Waals surface area contributed by atoms with Gasteiger partial charge in [-0.1, -0.05) is 11.6 Å². The molecule has 4 heteroatoms. The predicted molar refractivity (Wildman–Crippen MR) is 63.9 cm³/mol. The normalized spacial score (nSPS) is 25.4. The molecule has 1 N–H and O–H groups in total. The van der Waals surface area contributed by atoms with Gasteiger partial charge in [0.25, 0.3) is 0 Å². The number of benzene rings is 1. The zero-order valence-electron chi connectivity index (χ0n) is 9.03. The molecule has 1 saturated heterocycles. The molecule has 16 heavy (non-hydrogen) atoms. The molecule has 1 fully saturated rings. The lowest BCUT2D eigenvalue weighted by Gasteiger charge is -2.01. The van der Waals surface area contributed by atoms with Gasteiger partial charge in [0.15, 0.2) is 0 Å². The molecule has 1 aromatic carbocycles. The van der Waals surface area contributed by atoms with Crippen molar-refractivity contribution in [3.8, 4) is 0 Å². The number of nitrogens with zero attached hydrogens (tertiary/aromatic N) is 1. The highest BCUT2D eigenvalue weighted by Gasteiger charge is 2.25. The zero-order chi connectivity index (χ0) is 11.1. The van der Waals surface area contributed by atoms with Crippen LogP contribution in [0.4, 0.5) is 0 Å². The van der Waals surface area contributed by atoms with E-state index in [4.69, 9.17) is 16.3 Å². The lowest BCUT2D eigenvalue weighted by atomic mass is 10.1. The third-order valence-corrected chi connectivity index (χ3v) is 3.28. The monoisotopic (exact) mass is 236 g/mol. The van der Waals surface area contributed by atoms with E-state index in [9.17, 15) is 0 Å². The maximum absolute atomic E-state index is 5.94. The van der Waals surface area contributed by atoms with E-state index < -0.39 is 0 Å². The number of hydrogen-bond acceptors (Lipinski definition) is 2. The number of ether oxygens (including phenoxy) is 1. The first-order valence-corrected chi connectivity index (χ1v) is 5.87. The first-order chi connectivity index (χ1) is 7.72. The van der Waals surface area contributed by atoms with Crippen LogP contribution in [0.2, 0.25) is 5.02 Å². The van der Waals surface area contributed by atoms with E-state index in [1.54, 1.807) is 0 Å². The van der Waals surface area contributed by atoms with Gasteiger partial charge in [-0.15, -0.1) is 0 Å². The first-order valence-electron chi connectivity index (χ1n) is 5.49. The molecule has 0 spiro atoms. The second kappa shape index (κ2) is 3.75. The molecule has 1 aromatic heterocycles. The van der Waals surface area contributed by atoms with Crippen LogP contribution in [-0.4, -0.2) is 22.7 Å². The fourth-order valence-electron chi connectivity index (χ4n) is 2.20. The Morgan fingerprint density at radius 3 is 3.12 bits per heavy atom. The molecule has 2 unspecified atom stereocenters. The average molecular weight is 237 g/mol. The third kappa shape index (κ3) is 1.70. The Morgan fingerprint density at radius 2 is 2.38 bits per heavy atom. The van der Waals surface area contributed by atoms with E-state index in [1.807, 2.05) is 18.2 Å². The minimum absolute atomic E-state index is 0.335. The fourth-order valence-corrected chi connectivity index (χ4v) is 2.37. The van der Waals surface area contributed by atoms with E-state index in [-0.39, 0.29) is 0 Å². The van der Waals surface area contributed by atoms with Crippen molar-refractivity contribution >= 4 is 22.6 Å². The smallest absolute Gasteiger partial charge is 0.112 e. The van der Waals surface area contributed by atoms with Crippen molar-refractivity contribution in [3.05, 3.63) is 29.0 Å². The third-order valence-electron chi connectivity index (χ3n) is 3.05. The Labute approximate surface area is 98.8 Å². The van der Waals surface area contributed by atoms with Crippen LogP contribution in [0, 0.1) is 0 Å². The van der Waals surface area contributed by atoms with Gasteiger partial charge in [-0.2, -0.15) is 0 Å². The highest BCUT2D eigenvalue weighted by atomic mass is 35.5. The van der Waals surface area contributed by atoms with Gasteiger partial charge in [-0.25, -0.2) is 4.98 Å². The minimum Gasteiger partial charge on any atom is -0.378 e. The Hall–Kier alpha value is -1.06. The van der Waals surface area contributed by atoms with E-state index >= 15 is 0 Å². The van der Waals surface area contributed by atoms with Crippen molar-refractivity contribution < 1.29 is 4.74 Å². The maximum Gasteiger partial charge on any atom is 0.112 e. The summed E-state index contributed by atoms with van der Waals surface area (Å²) in [6.45, 7) is 2.86. The molecule has 1 aliphatic rings. The molecule has 1 aliphatic heterocycles. The molecular weight excluding hydrogens is 224 g/mol. The highest BCUT2D eigenvalue weighted by molar-refractivity contribution is 6.31.